The molecular formula is C12H16F4N2. The first-order valence-electron chi connectivity index (χ1n) is 5.57. The van der Waals surface area contributed by atoms with Gasteiger partial charge >= 0.3 is 6.18 Å². The zero-order valence-corrected chi connectivity index (χ0v) is 10.3. The summed E-state index contributed by atoms with van der Waals surface area (Å²) < 4.78 is 51.3. The summed E-state index contributed by atoms with van der Waals surface area (Å²) in [6.45, 7) is 1.96. The van der Waals surface area contributed by atoms with Crippen LogP contribution in [0.1, 0.15) is 19.4 Å². The Morgan fingerprint density at radius 1 is 1.28 bits per heavy atom. The highest BCUT2D eigenvalue weighted by Gasteiger charge is 2.33. The number of alkyl halides is 3. The third kappa shape index (κ3) is 3.60. The average Bonchev–Trinajstić information content (AvgIpc) is 2.24. The van der Waals surface area contributed by atoms with E-state index in [1.54, 1.807) is 13.8 Å². The van der Waals surface area contributed by atoms with E-state index in [0.717, 1.165) is 11.0 Å². The maximum atomic E-state index is 13.8. The van der Waals surface area contributed by atoms with E-state index in [1.165, 1.54) is 12.1 Å². The zero-order chi connectivity index (χ0) is 13.9. The lowest BCUT2D eigenvalue weighted by Crippen LogP contribution is -2.40. The fourth-order valence-corrected chi connectivity index (χ4v) is 1.76. The van der Waals surface area contributed by atoms with Crippen LogP contribution in [0.5, 0.6) is 0 Å². The van der Waals surface area contributed by atoms with E-state index in [4.69, 9.17) is 5.73 Å². The minimum atomic E-state index is -4.39. The molecule has 1 aromatic carbocycles. The first kappa shape index (κ1) is 14.8. The minimum absolute atomic E-state index is 0.00578. The molecule has 102 valence electrons. The lowest BCUT2D eigenvalue weighted by Gasteiger charge is -2.31. The fraction of sp³-hybridized carbons (Fsp3) is 0.500. The molecule has 0 saturated carbocycles. The number of rotatable bonds is 4. The smallest absolute Gasteiger partial charge is 0.357 e. The Kier molecular flexibility index (Phi) is 4.56. The Balaban J connectivity index is 3.21. The van der Waals surface area contributed by atoms with Gasteiger partial charge in [0.2, 0.25) is 0 Å². The second kappa shape index (κ2) is 5.56. The molecule has 0 saturated heterocycles. The van der Waals surface area contributed by atoms with Crippen LogP contribution in [0.25, 0.3) is 0 Å². The number of benzene rings is 1. The molecule has 0 unspecified atom stereocenters. The second-order valence-electron chi connectivity index (χ2n) is 4.29. The lowest BCUT2D eigenvalue weighted by molar-refractivity contribution is -0.120. The number of nitrogens with two attached hydrogens (primary N) is 1. The number of anilines is 1. The molecule has 0 radical (unpaired) electrons. The summed E-state index contributed by atoms with van der Waals surface area (Å²) in [7, 11) is 0. The van der Waals surface area contributed by atoms with E-state index in [0.29, 0.717) is 5.56 Å². The van der Waals surface area contributed by atoms with Crippen LogP contribution in [0.15, 0.2) is 18.2 Å². The minimum Gasteiger partial charge on any atom is -0.357 e. The van der Waals surface area contributed by atoms with Crippen LogP contribution in [0.2, 0.25) is 0 Å². The van der Waals surface area contributed by atoms with Crippen LogP contribution in [0, 0.1) is 5.82 Å². The van der Waals surface area contributed by atoms with Crippen molar-refractivity contribution in [2.75, 3.05) is 11.4 Å². The Morgan fingerprint density at radius 2 is 1.89 bits per heavy atom. The Bertz CT molecular complexity index is 402. The molecule has 0 amide bonds. The van der Waals surface area contributed by atoms with Crippen LogP contribution < -0.4 is 10.6 Å². The molecule has 2 N–H and O–H groups in total. The van der Waals surface area contributed by atoms with Gasteiger partial charge in [0.05, 0.1) is 5.69 Å². The van der Waals surface area contributed by atoms with Gasteiger partial charge in [-0.3, -0.25) is 0 Å². The van der Waals surface area contributed by atoms with Gasteiger partial charge in [0, 0.05) is 12.6 Å². The van der Waals surface area contributed by atoms with Gasteiger partial charge in [-0.15, -0.1) is 0 Å². The van der Waals surface area contributed by atoms with Gasteiger partial charge in [-0.2, -0.15) is 13.2 Å². The molecule has 1 rings (SSSR count). The molecule has 0 aromatic heterocycles. The predicted molar refractivity (Wildman–Crippen MR) is 62.8 cm³/mol. The Labute approximate surface area is 103 Å². The topological polar surface area (TPSA) is 29.3 Å². The summed E-state index contributed by atoms with van der Waals surface area (Å²) in [5.41, 5.74) is 5.75. The van der Waals surface area contributed by atoms with Gasteiger partial charge in [-0.1, -0.05) is 12.1 Å². The highest BCUT2D eigenvalue weighted by molar-refractivity contribution is 5.55. The van der Waals surface area contributed by atoms with Crippen LogP contribution in [-0.2, 0) is 6.54 Å². The zero-order valence-electron chi connectivity index (χ0n) is 10.3. The van der Waals surface area contributed by atoms with E-state index in [9.17, 15) is 17.6 Å². The predicted octanol–water partition coefficient (Wildman–Crippen LogP) is 3.06. The number of hydrogen-bond donors (Lipinski definition) is 1. The molecule has 0 heterocycles. The molecule has 2 nitrogen and oxygen atoms in total. The van der Waals surface area contributed by atoms with Gasteiger partial charge in [-0.25, -0.2) is 4.39 Å². The average molecular weight is 264 g/mol. The molecule has 18 heavy (non-hydrogen) atoms. The van der Waals surface area contributed by atoms with E-state index in [2.05, 4.69) is 0 Å². The number of nitrogens with zero attached hydrogens (tertiary/aromatic N) is 1. The van der Waals surface area contributed by atoms with Gasteiger partial charge in [0.15, 0.2) is 0 Å². The van der Waals surface area contributed by atoms with Crippen LogP contribution >= 0.6 is 0 Å². The van der Waals surface area contributed by atoms with Crippen molar-refractivity contribution in [2.24, 2.45) is 5.73 Å². The summed E-state index contributed by atoms with van der Waals surface area (Å²) in [6, 6.07) is 3.63. The highest BCUT2D eigenvalue weighted by atomic mass is 19.4. The number of para-hydroxylation sites is 1. The normalized spacial score (nSPS) is 12.0. The standard InChI is InChI=1S/C12H16F4N2/c1-8(2)18(7-12(14,15)16)11-9(6-17)4-3-5-10(11)13/h3-5,8H,6-7,17H2,1-2H3. The van der Waals surface area contributed by atoms with Gasteiger partial charge in [0.25, 0.3) is 0 Å². The third-order valence-corrected chi connectivity index (χ3v) is 2.55. The maximum absolute atomic E-state index is 13.8. The highest BCUT2D eigenvalue weighted by Crippen LogP contribution is 2.29. The molecule has 0 bridgehead atoms. The molecule has 0 aliphatic carbocycles. The van der Waals surface area contributed by atoms with Crippen molar-refractivity contribution in [3.8, 4) is 0 Å². The number of halogens is 4. The number of hydrogen-bond acceptors (Lipinski definition) is 2. The van der Waals surface area contributed by atoms with Crippen molar-refractivity contribution in [3.05, 3.63) is 29.6 Å². The van der Waals surface area contributed by atoms with E-state index < -0.39 is 24.6 Å². The maximum Gasteiger partial charge on any atom is 0.405 e. The SMILES string of the molecule is CC(C)N(CC(F)(F)F)c1c(F)cccc1CN. The third-order valence-electron chi connectivity index (χ3n) is 2.55. The molecule has 0 spiro atoms. The summed E-state index contributed by atoms with van der Waals surface area (Å²) in [4.78, 5) is 0.984. The van der Waals surface area contributed by atoms with Crippen molar-refractivity contribution in [1.29, 1.82) is 0 Å². The molecule has 0 aliphatic rings. The molecule has 0 aliphatic heterocycles. The van der Waals surface area contributed by atoms with Crippen molar-refractivity contribution in [3.63, 3.8) is 0 Å². The quantitative estimate of drug-likeness (QED) is 0.847. The molecule has 1 aromatic rings. The van der Waals surface area contributed by atoms with Crippen LogP contribution in [-0.4, -0.2) is 18.8 Å². The van der Waals surface area contributed by atoms with Gasteiger partial charge in [0.1, 0.15) is 12.4 Å². The second-order valence-corrected chi connectivity index (χ2v) is 4.29. The largest absolute Gasteiger partial charge is 0.405 e. The Morgan fingerprint density at radius 3 is 2.33 bits per heavy atom. The fourth-order valence-electron chi connectivity index (χ4n) is 1.76. The molecule has 0 atom stereocenters. The van der Waals surface area contributed by atoms with Crippen molar-refractivity contribution < 1.29 is 17.6 Å². The lowest BCUT2D eigenvalue weighted by atomic mass is 10.1. The van der Waals surface area contributed by atoms with E-state index in [1.807, 2.05) is 0 Å². The van der Waals surface area contributed by atoms with Crippen molar-refractivity contribution in [1.82, 2.24) is 0 Å². The molecular weight excluding hydrogens is 248 g/mol. The summed E-state index contributed by atoms with van der Waals surface area (Å²) >= 11 is 0. The van der Waals surface area contributed by atoms with E-state index in [-0.39, 0.29) is 12.2 Å². The Hall–Kier alpha value is -1.30. The summed E-state index contributed by atoms with van der Waals surface area (Å²) in [5.74, 6) is -0.684. The first-order chi connectivity index (χ1) is 8.26. The molecule has 6 heteroatoms. The van der Waals surface area contributed by atoms with Crippen LogP contribution in [0.3, 0.4) is 0 Å². The monoisotopic (exact) mass is 264 g/mol. The first-order valence-corrected chi connectivity index (χ1v) is 5.57. The summed E-state index contributed by atoms with van der Waals surface area (Å²) in [6.07, 6.45) is -4.39. The van der Waals surface area contributed by atoms with Gasteiger partial charge in [-0.05, 0) is 25.5 Å². The van der Waals surface area contributed by atoms with Crippen molar-refractivity contribution >= 4 is 5.69 Å². The summed E-state index contributed by atoms with van der Waals surface area (Å²) in [5, 5.41) is 0. The molecule has 0 fully saturated rings. The van der Waals surface area contributed by atoms with E-state index >= 15 is 0 Å². The van der Waals surface area contributed by atoms with Crippen molar-refractivity contribution in [2.45, 2.75) is 32.6 Å². The van der Waals surface area contributed by atoms with Crippen LogP contribution in [0.4, 0.5) is 23.2 Å². The van der Waals surface area contributed by atoms with Gasteiger partial charge < -0.3 is 10.6 Å².